The summed E-state index contributed by atoms with van der Waals surface area (Å²) in [5, 5.41) is 5.15. The number of carbonyl (C=O) groups is 2. The highest BCUT2D eigenvalue weighted by Crippen LogP contribution is 2.22. The molecule has 2 heterocycles. The van der Waals surface area contributed by atoms with Gasteiger partial charge in [-0.25, -0.2) is 30.9 Å². The fraction of sp³-hybridized carbons (Fsp3) is 0.500. The molecule has 0 unspecified atom stereocenters. The van der Waals surface area contributed by atoms with Crippen LogP contribution in [0.1, 0.15) is 24.8 Å². The first-order valence-corrected chi connectivity index (χ1v) is 12.5. The van der Waals surface area contributed by atoms with Gasteiger partial charge in [-0.05, 0) is 24.1 Å². The number of nitrogens with zero attached hydrogens (tertiary/aromatic N) is 3. The van der Waals surface area contributed by atoms with Gasteiger partial charge in [-0.1, -0.05) is 12.1 Å². The molecule has 10 nitrogen and oxygen atoms in total. The van der Waals surface area contributed by atoms with Gasteiger partial charge in [0.1, 0.15) is 12.3 Å². The Bertz CT molecular complexity index is 1090. The van der Waals surface area contributed by atoms with E-state index in [1.807, 2.05) is 0 Å². The zero-order valence-electron chi connectivity index (χ0n) is 16.6. The van der Waals surface area contributed by atoms with Gasteiger partial charge in [-0.3, -0.25) is 4.79 Å². The number of rotatable bonds is 6. The second kappa shape index (κ2) is 8.44. The highest BCUT2D eigenvalue weighted by Gasteiger charge is 2.37. The second-order valence-electron chi connectivity index (χ2n) is 7.35. The predicted molar refractivity (Wildman–Crippen MR) is 108 cm³/mol. The quantitative estimate of drug-likeness (QED) is 0.556. The first-order valence-electron chi connectivity index (χ1n) is 9.28. The van der Waals surface area contributed by atoms with E-state index in [9.17, 15) is 26.4 Å². The first kappa shape index (κ1) is 22.4. The van der Waals surface area contributed by atoms with Gasteiger partial charge in [0.25, 0.3) is 0 Å². The summed E-state index contributed by atoms with van der Waals surface area (Å²) in [6, 6.07) is 5.48. The van der Waals surface area contributed by atoms with Gasteiger partial charge in [-0.2, -0.15) is 5.10 Å². The van der Waals surface area contributed by atoms with Crippen molar-refractivity contribution in [3.63, 3.8) is 0 Å². The molecule has 0 spiro atoms. The van der Waals surface area contributed by atoms with Gasteiger partial charge >= 0.3 is 5.97 Å². The fourth-order valence-electron chi connectivity index (χ4n) is 3.21. The summed E-state index contributed by atoms with van der Waals surface area (Å²) in [6.45, 7) is -0.166. The molecule has 0 aromatic heterocycles. The van der Waals surface area contributed by atoms with Crippen molar-refractivity contribution >= 4 is 37.4 Å². The fourth-order valence-corrected chi connectivity index (χ4v) is 5.88. The van der Waals surface area contributed by atoms with Crippen molar-refractivity contribution in [2.45, 2.75) is 36.8 Å². The van der Waals surface area contributed by atoms with E-state index in [1.54, 1.807) is 12.1 Å². The van der Waals surface area contributed by atoms with E-state index >= 15 is 0 Å². The average molecular weight is 458 g/mol. The Balaban J connectivity index is 1.69. The molecular weight excluding hydrogens is 434 g/mol. The molecule has 0 radical (unpaired) electrons. The molecule has 0 aliphatic carbocycles. The summed E-state index contributed by atoms with van der Waals surface area (Å²) < 4.78 is 54.2. The Hall–Kier alpha value is -2.31. The minimum absolute atomic E-state index is 0.0110. The van der Waals surface area contributed by atoms with Crippen LogP contribution in [-0.2, 0) is 40.8 Å². The number of sulfone groups is 1. The lowest BCUT2D eigenvalue weighted by Crippen LogP contribution is -2.42. The van der Waals surface area contributed by atoms with Crippen LogP contribution in [0.15, 0.2) is 34.3 Å². The molecule has 0 saturated carbocycles. The molecule has 30 heavy (non-hydrogen) atoms. The summed E-state index contributed by atoms with van der Waals surface area (Å²) in [5.74, 6) is -1.23. The van der Waals surface area contributed by atoms with Gasteiger partial charge in [0.2, 0.25) is 15.9 Å². The van der Waals surface area contributed by atoms with E-state index in [-0.39, 0.29) is 53.9 Å². The van der Waals surface area contributed by atoms with Crippen molar-refractivity contribution in [3.05, 3.63) is 29.8 Å². The molecule has 1 amide bonds. The van der Waals surface area contributed by atoms with Crippen molar-refractivity contribution in [3.8, 4) is 0 Å². The van der Waals surface area contributed by atoms with Crippen LogP contribution in [0.2, 0.25) is 0 Å². The summed E-state index contributed by atoms with van der Waals surface area (Å²) in [4.78, 5) is 24.6. The van der Waals surface area contributed by atoms with E-state index in [0.29, 0.717) is 5.56 Å². The topological polar surface area (TPSA) is 130 Å². The molecule has 1 saturated heterocycles. The van der Waals surface area contributed by atoms with Crippen molar-refractivity contribution in [1.82, 2.24) is 9.31 Å². The molecule has 1 fully saturated rings. The number of carbonyl (C=O) groups excluding carboxylic acids is 2. The lowest BCUT2D eigenvalue weighted by Gasteiger charge is -2.27. The van der Waals surface area contributed by atoms with Crippen molar-refractivity contribution < 1.29 is 31.2 Å². The average Bonchev–Trinajstić information content (AvgIpc) is 3.06. The molecular formula is C18H23N3O7S2. The van der Waals surface area contributed by atoms with Crippen LogP contribution >= 0.6 is 0 Å². The van der Waals surface area contributed by atoms with Crippen molar-refractivity contribution in [2.75, 3.05) is 25.6 Å². The van der Waals surface area contributed by atoms with Crippen LogP contribution in [0.4, 0.5) is 0 Å². The molecule has 3 rings (SSSR count). The lowest BCUT2D eigenvalue weighted by atomic mass is 10.1. The van der Waals surface area contributed by atoms with Crippen molar-refractivity contribution in [2.24, 2.45) is 5.10 Å². The van der Waals surface area contributed by atoms with E-state index in [2.05, 4.69) is 5.10 Å². The minimum atomic E-state index is -3.62. The van der Waals surface area contributed by atoms with Crippen LogP contribution in [0, 0.1) is 0 Å². The van der Waals surface area contributed by atoms with Crippen LogP contribution in [0.25, 0.3) is 0 Å². The zero-order chi connectivity index (χ0) is 22.1. The standard InChI is InChI=1S/C18H23N3O7S2/c1-20(2)30(26,27)15-5-3-4-13(10-15)11-28-18(23)16-6-7-17(22)21(19-16)14-8-9-29(24,25)12-14/h3-5,10,14H,6-9,11-12H2,1-2H3/t14-/m0/s1. The van der Waals surface area contributed by atoms with Crippen molar-refractivity contribution in [1.29, 1.82) is 0 Å². The van der Waals surface area contributed by atoms with Crippen LogP contribution in [-0.4, -0.2) is 75.4 Å². The largest absolute Gasteiger partial charge is 0.456 e. The number of hydrogen-bond acceptors (Lipinski definition) is 8. The number of hydrazone groups is 1. The summed E-state index contributed by atoms with van der Waals surface area (Å²) >= 11 is 0. The Morgan fingerprint density at radius 1 is 1.30 bits per heavy atom. The number of ether oxygens (including phenoxy) is 1. The first-order chi connectivity index (χ1) is 14.0. The number of hydrogen-bond donors (Lipinski definition) is 0. The second-order valence-corrected chi connectivity index (χ2v) is 11.7. The third-order valence-electron chi connectivity index (χ3n) is 4.90. The predicted octanol–water partition coefficient (Wildman–Crippen LogP) is 0.146. The number of amides is 1. The maximum Gasteiger partial charge on any atom is 0.354 e. The smallest absolute Gasteiger partial charge is 0.354 e. The highest BCUT2D eigenvalue weighted by molar-refractivity contribution is 7.91. The van der Waals surface area contributed by atoms with Crippen LogP contribution in [0.3, 0.4) is 0 Å². The zero-order valence-corrected chi connectivity index (χ0v) is 18.3. The Morgan fingerprint density at radius 3 is 2.67 bits per heavy atom. The minimum Gasteiger partial charge on any atom is -0.456 e. The SMILES string of the molecule is CN(C)S(=O)(=O)c1cccc(COC(=O)C2=NN([C@H]3CCS(=O)(=O)C3)C(=O)CC2)c1. The van der Waals surface area contributed by atoms with Gasteiger partial charge in [0.15, 0.2) is 9.84 Å². The summed E-state index contributed by atoms with van der Waals surface area (Å²) in [5.41, 5.74) is 0.522. The van der Waals surface area contributed by atoms with E-state index < -0.39 is 31.9 Å². The molecule has 1 aromatic carbocycles. The number of benzene rings is 1. The summed E-state index contributed by atoms with van der Waals surface area (Å²) in [6.07, 6.45) is 0.427. The van der Waals surface area contributed by atoms with Gasteiger partial charge in [0.05, 0.1) is 22.4 Å². The molecule has 1 aromatic rings. The van der Waals surface area contributed by atoms with E-state index in [1.165, 1.54) is 26.2 Å². The van der Waals surface area contributed by atoms with Gasteiger partial charge < -0.3 is 4.74 Å². The van der Waals surface area contributed by atoms with Gasteiger partial charge in [0, 0.05) is 26.9 Å². The van der Waals surface area contributed by atoms with E-state index in [0.717, 1.165) is 9.31 Å². The Labute approximate surface area is 175 Å². The third kappa shape index (κ3) is 4.87. The number of sulfonamides is 1. The molecule has 2 aliphatic heterocycles. The third-order valence-corrected chi connectivity index (χ3v) is 8.46. The number of esters is 1. The summed E-state index contributed by atoms with van der Waals surface area (Å²) in [7, 11) is -3.98. The Morgan fingerprint density at radius 2 is 2.03 bits per heavy atom. The molecule has 164 valence electrons. The molecule has 0 N–H and O–H groups in total. The van der Waals surface area contributed by atoms with E-state index in [4.69, 9.17) is 4.74 Å². The Kier molecular flexibility index (Phi) is 6.29. The van der Waals surface area contributed by atoms with Crippen LogP contribution in [0.5, 0.6) is 0 Å². The lowest BCUT2D eigenvalue weighted by molar-refractivity contribution is -0.138. The van der Waals surface area contributed by atoms with Crippen LogP contribution < -0.4 is 0 Å². The maximum absolute atomic E-state index is 12.4. The highest BCUT2D eigenvalue weighted by atomic mass is 32.2. The van der Waals surface area contributed by atoms with Gasteiger partial charge in [-0.15, -0.1) is 0 Å². The molecule has 12 heteroatoms. The monoisotopic (exact) mass is 457 g/mol. The molecule has 2 aliphatic rings. The maximum atomic E-state index is 12.4. The normalized spacial score (nSPS) is 21.6. The molecule has 0 bridgehead atoms. The molecule has 1 atom stereocenters.